The third kappa shape index (κ3) is 5.83. The van der Waals surface area contributed by atoms with Crippen molar-refractivity contribution in [3.05, 3.63) is 11.6 Å². The van der Waals surface area contributed by atoms with E-state index in [4.69, 9.17) is 5.11 Å². The molecule has 0 rings (SSSR count). The number of allylic oxidation sites excluding steroid dienone is 1. The Morgan fingerprint density at radius 3 is 2.60 bits per heavy atom. The van der Waals surface area contributed by atoms with E-state index in [1.165, 1.54) is 19.3 Å². The largest absolute Gasteiger partial charge is 0.392 e. The highest BCUT2D eigenvalue weighted by Crippen LogP contribution is 2.02. The fourth-order valence-corrected chi connectivity index (χ4v) is 0.807. The molecule has 0 aliphatic rings. The van der Waals surface area contributed by atoms with Crippen molar-refractivity contribution >= 4 is 0 Å². The van der Waals surface area contributed by atoms with Gasteiger partial charge >= 0.3 is 0 Å². The summed E-state index contributed by atoms with van der Waals surface area (Å²) in [6.07, 6.45) is 7.07. The molecule has 10 heavy (non-hydrogen) atoms. The number of hydrogen-bond donors (Lipinski definition) is 1. The normalized spacial score (nSPS) is 12.1. The van der Waals surface area contributed by atoms with Gasteiger partial charge in [-0.25, -0.2) is 0 Å². The first-order chi connectivity index (χ1) is 4.81. The van der Waals surface area contributed by atoms with Crippen molar-refractivity contribution in [3.63, 3.8) is 0 Å². The molecular formula is C9H18O. The van der Waals surface area contributed by atoms with Gasteiger partial charge in [0.25, 0.3) is 0 Å². The van der Waals surface area contributed by atoms with E-state index >= 15 is 0 Å². The number of aliphatic hydroxyl groups excluding tert-OH is 1. The van der Waals surface area contributed by atoms with Crippen molar-refractivity contribution in [1.29, 1.82) is 0 Å². The van der Waals surface area contributed by atoms with Gasteiger partial charge in [0.2, 0.25) is 0 Å². The lowest BCUT2D eigenvalue weighted by Gasteiger charge is -1.94. The Balaban J connectivity index is 3.16. The van der Waals surface area contributed by atoms with Crippen LogP contribution in [0.5, 0.6) is 0 Å². The zero-order valence-electron chi connectivity index (χ0n) is 7.06. The average Bonchev–Trinajstić information content (AvgIpc) is 1.98. The summed E-state index contributed by atoms with van der Waals surface area (Å²) in [6, 6.07) is 0. The minimum absolute atomic E-state index is 0.214. The van der Waals surface area contributed by atoms with Crippen LogP contribution in [0.2, 0.25) is 0 Å². The third-order valence-corrected chi connectivity index (χ3v) is 1.55. The van der Waals surface area contributed by atoms with Crippen LogP contribution in [0.1, 0.15) is 39.5 Å². The molecule has 0 aliphatic carbocycles. The van der Waals surface area contributed by atoms with E-state index < -0.39 is 0 Å². The molecule has 0 radical (unpaired) electrons. The van der Waals surface area contributed by atoms with E-state index in [1.54, 1.807) is 0 Å². The summed E-state index contributed by atoms with van der Waals surface area (Å²) >= 11 is 0. The van der Waals surface area contributed by atoms with Gasteiger partial charge in [-0.15, -0.1) is 0 Å². The van der Waals surface area contributed by atoms with Crippen LogP contribution in [0.3, 0.4) is 0 Å². The fraction of sp³-hybridized carbons (Fsp3) is 0.778. The first kappa shape index (κ1) is 9.70. The molecule has 0 fully saturated rings. The van der Waals surface area contributed by atoms with Crippen LogP contribution in [-0.2, 0) is 0 Å². The minimum atomic E-state index is 0.214. The maximum Gasteiger partial charge on any atom is 0.0639 e. The molecule has 0 amide bonds. The van der Waals surface area contributed by atoms with Gasteiger partial charge in [-0.05, 0) is 19.8 Å². The van der Waals surface area contributed by atoms with Crippen LogP contribution >= 0.6 is 0 Å². The van der Waals surface area contributed by atoms with Gasteiger partial charge in [-0.3, -0.25) is 0 Å². The highest BCUT2D eigenvalue weighted by atomic mass is 16.3. The van der Waals surface area contributed by atoms with Crippen molar-refractivity contribution in [3.8, 4) is 0 Å². The Morgan fingerprint density at radius 1 is 1.40 bits per heavy atom. The van der Waals surface area contributed by atoms with E-state index in [9.17, 15) is 0 Å². The first-order valence-electron chi connectivity index (χ1n) is 4.07. The molecular weight excluding hydrogens is 124 g/mol. The predicted octanol–water partition coefficient (Wildman–Crippen LogP) is 2.51. The molecule has 0 aromatic carbocycles. The van der Waals surface area contributed by atoms with E-state index in [-0.39, 0.29) is 6.61 Å². The van der Waals surface area contributed by atoms with Crippen molar-refractivity contribution in [1.82, 2.24) is 0 Å². The molecule has 0 atom stereocenters. The molecule has 0 saturated carbocycles. The molecule has 1 N–H and O–H groups in total. The maximum atomic E-state index is 8.62. The maximum absolute atomic E-state index is 8.62. The van der Waals surface area contributed by atoms with Gasteiger partial charge in [0, 0.05) is 0 Å². The molecule has 1 heteroatoms. The quantitative estimate of drug-likeness (QED) is 0.462. The van der Waals surface area contributed by atoms with Crippen LogP contribution < -0.4 is 0 Å². The standard InChI is InChI=1S/C9H18O/c1-3-4-5-6-7-9(2)8-10/h7,10H,3-6,8H2,1-2H3. The Morgan fingerprint density at radius 2 is 2.10 bits per heavy atom. The number of aliphatic hydroxyl groups is 1. The lowest BCUT2D eigenvalue weighted by atomic mass is 10.1. The number of hydrogen-bond acceptors (Lipinski definition) is 1. The monoisotopic (exact) mass is 142 g/mol. The topological polar surface area (TPSA) is 20.2 Å². The SMILES string of the molecule is CCCCCC=C(C)CO. The van der Waals surface area contributed by atoms with Gasteiger partial charge in [0.05, 0.1) is 6.61 Å². The van der Waals surface area contributed by atoms with E-state index in [0.717, 1.165) is 12.0 Å². The Kier molecular flexibility index (Phi) is 6.61. The highest BCUT2D eigenvalue weighted by molar-refractivity contribution is 4.97. The fourth-order valence-electron chi connectivity index (χ4n) is 0.807. The second-order valence-corrected chi connectivity index (χ2v) is 2.70. The predicted molar refractivity (Wildman–Crippen MR) is 45.0 cm³/mol. The summed E-state index contributed by atoms with van der Waals surface area (Å²) in [7, 11) is 0. The second kappa shape index (κ2) is 6.81. The summed E-state index contributed by atoms with van der Waals surface area (Å²) in [6.45, 7) is 4.38. The number of rotatable bonds is 5. The van der Waals surface area contributed by atoms with Crippen LogP contribution in [0.4, 0.5) is 0 Å². The second-order valence-electron chi connectivity index (χ2n) is 2.70. The molecule has 0 spiro atoms. The van der Waals surface area contributed by atoms with E-state index in [2.05, 4.69) is 13.0 Å². The van der Waals surface area contributed by atoms with Gasteiger partial charge in [-0.1, -0.05) is 31.4 Å². The van der Waals surface area contributed by atoms with Crippen molar-refractivity contribution in [2.45, 2.75) is 39.5 Å². The average molecular weight is 142 g/mol. The highest BCUT2D eigenvalue weighted by Gasteiger charge is 1.85. The molecule has 0 saturated heterocycles. The lowest BCUT2D eigenvalue weighted by molar-refractivity contribution is 0.331. The van der Waals surface area contributed by atoms with Crippen LogP contribution in [0.25, 0.3) is 0 Å². The molecule has 0 aromatic heterocycles. The molecule has 0 aromatic rings. The van der Waals surface area contributed by atoms with Crippen molar-refractivity contribution < 1.29 is 5.11 Å². The Labute approximate surface area is 63.8 Å². The van der Waals surface area contributed by atoms with E-state index in [0.29, 0.717) is 0 Å². The molecule has 0 heterocycles. The number of unbranched alkanes of at least 4 members (excludes halogenated alkanes) is 3. The lowest BCUT2D eigenvalue weighted by Crippen LogP contribution is -1.83. The zero-order chi connectivity index (χ0) is 7.82. The smallest absolute Gasteiger partial charge is 0.0639 e. The summed E-state index contributed by atoms with van der Waals surface area (Å²) in [5.41, 5.74) is 1.09. The van der Waals surface area contributed by atoms with Gasteiger partial charge < -0.3 is 5.11 Å². The summed E-state index contributed by atoms with van der Waals surface area (Å²) in [5, 5.41) is 8.62. The molecule has 60 valence electrons. The van der Waals surface area contributed by atoms with Crippen molar-refractivity contribution in [2.24, 2.45) is 0 Å². The molecule has 0 unspecified atom stereocenters. The summed E-state index contributed by atoms with van der Waals surface area (Å²) in [4.78, 5) is 0. The van der Waals surface area contributed by atoms with Crippen molar-refractivity contribution in [2.75, 3.05) is 6.61 Å². The van der Waals surface area contributed by atoms with Crippen LogP contribution in [-0.4, -0.2) is 11.7 Å². The third-order valence-electron chi connectivity index (χ3n) is 1.55. The minimum Gasteiger partial charge on any atom is -0.392 e. The van der Waals surface area contributed by atoms with Gasteiger partial charge in [-0.2, -0.15) is 0 Å². The Bertz CT molecular complexity index is 94.9. The van der Waals surface area contributed by atoms with E-state index in [1.807, 2.05) is 6.92 Å². The summed E-state index contributed by atoms with van der Waals surface area (Å²) < 4.78 is 0. The molecule has 0 aliphatic heterocycles. The molecule has 1 nitrogen and oxygen atoms in total. The molecule has 0 bridgehead atoms. The summed E-state index contributed by atoms with van der Waals surface area (Å²) in [5.74, 6) is 0. The van der Waals surface area contributed by atoms with Gasteiger partial charge in [0.1, 0.15) is 0 Å². The van der Waals surface area contributed by atoms with Gasteiger partial charge in [0.15, 0.2) is 0 Å². The van der Waals surface area contributed by atoms with Crippen LogP contribution in [0.15, 0.2) is 11.6 Å². The first-order valence-corrected chi connectivity index (χ1v) is 4.07. The van der Waals surface area contributed by atoms with Crippen LogP contribution in [0, 0.1) is 0 Å². The zero-order valence-corrected chi connectivity index (χ0v) is 7.06. The Hall–Kier alpha value is -0.300.